The van der Waals surface area contributed by atoms with Crippen LogP contribution in [-0.2, 0) is 11.2 Å². The molecule has 4 atom stereocenters. The highest BCUT2D eigenvalue weighted by atomic mass is 19.1. The van der Waals surface area contributed by atoms with Crippen molar-refractivity contribution in [3.8, 4) is 0 Å². The summed E-state index contributed by atoms with van der Waals surface area (Å²) < 4.78 is 28.2. The largest absolute Gasteiger partial charge is 0.390 e. The fourth-order valence-electron chi connectivity index (χ4n) is 5.28. The van der Waals surface area contributed by atoms with E-state index in [0.29, 0.717) is 38.5 Å². The number of aliphatic hydroxyl groups excluding tert-OH is 2. The fraction of sp³-hybridized carbons (Fsp3) is 0.529. The van der Waals surface area contributed by atoms with Crippen LogP contribution in [0.1, 0.15) is 91.0 Å². The number of hydrogen-bond donors (Lipinski definition) is 5. The van der Waals surface area contributed by atoms with Crippen molar-refractivity contribution in [2.45, 2.75) is 79.1 Å². The number of benzene rings is 2. The summed E-state index contributed by atoms with van der Waals surface area (Å²) in [6.07, 6.45) is -2.44. The van der Waals surface area contributed by atoms with Crippen molar-refractivity contribution >= 4 is 23.6 Å². The smallest absolute Gasteiger partial charge is 0.253 e. The molecule has 46 heavy (non-hydrogen) atoms. The predicted octanol–water partition coefficient (Wildman–Crippen LogP) is 3.43. The van der Waals surface area contributed by atoms with E-state index in [1.807, 2.05) is 27.7 Å². The lowest BCUT2D eigenvalue weighted by atomic mass is 9.83. The molecule has 0 aliphatic rings. The zero-order valence-corrected chi connectivity index (χ0v) is 27.5. The van der Waals surface area contributed by atoms with Crippen LogP contribution >= 0.6 is 0 Å². The molecule has 2 aromatic carbocycles. The first-order valence-electron chi connectivity index (χ1n) is 15.7. The number of nitrogens with one attached hydrogen (secondary N) is 2. The average molecular weight is 647 g/mol. The molecule has 0 radical (unpaired) electrons. The Morgan fingerprint density at radius 2 is 1.37 bits per heavy atom. The molecule has 6 N–H and O–H groups in total. The highest BCUT2D eigenvalue weighted by Crippen LogP contribution is 2.23. The lowest BCUT2D eigenvalue weighted by Crippen LogP contribution is -2.55. The van der Waals surface area contributed by atoms with E-state index in [1.54, 1.807) is 18.7 Å². The summed E-state index contributed by atoms with van der Waals surface area (Å²) in [5, 5.41) is 28.1. The van der Waals surface area contributed by atoms with Gasteiger partial charge in [0.25, 0.3) is 11.8 Å². The standard InChI is InChI=1S/C34H48F2N4O6/c1-7-9-40(10-8-2)34(46)24-15-22(31(37)43)14-23(16-24)32(44)39-27(13-21-11-25(35)17-26(36)12-21)29(41)30(42)28(20(5)6)33(45)38-18-19(3)4/h11-12,14-17,19-20,27-30,41-42H,7-10,13,18H2,1-6H3,(H2,37,43)(H,38,45)(H,39,44)/t27-,28+,29+,30+/m0/s1. The zero-order valence-electron chi connectivity index (χ0n) is 27.5. The topological polar surface area (TPSA) is 162 Å². The zero-order chi connectivity index (χ0) is 34.7. The summed E-state index contributed by atoms with van der Waals surface area (Å²) in [4.78, 5) is 53.9. The van der Waals surface area contributed by atoms with Crippen molar-refractivity contribution in [2.75, 3.05) is 19.6 Å². The van der Waals surface area contributed by atoms with Crippen LogP contribution in [0.5, 0.6) is 0 Å². The summed E-state index contributed by atoms with van der Waals surface area (Å²) >= 11 is 0. The first-order valence-corrected chi connectivity index (χ1v) is 15.7. The minimum absolute atomic E-state index is 0.0504. The molecule has 0 aliphatic carbocycles. The summed E-state index contributed by atoms with van der Waals surface area (Å²) in [5.41, 5.74) is 5.40. The molecule has 10 nitrogen and oxygen atoms in total. The van der Waals surface area contributed by atoms with Gasteiger partial charge in [-0.2, -0.15) is 0 Å². The first kappa shape index (κ1) is 38.3. The number of carbonyl (C=O) groups is 4. The number of primary amides is 1. The molecule has 0 saturated heterocycles. The van der Waals surface area contributed by atoms with E-state index in [-0.39, 0.29) is 34.6 Å². The molecular formula is C34H48F2N4O6. The van der Waals surface area contributed by atoms with Crippen LogP contribution < -0.4 is 16.4 Å². The Hall–Kier alpha value is -3.90. The average Bonchev–Trinajstić information content (AvgIpc) is 2.97. The van der Waals surface area contributed by atoms with Gasteiger partial charge in [0.15, 0.2) is 0 Å². The minimum Gasteiger partial charge on any atom is -0.390 e. The van der Waals surface area contributed by atoms with Gasteiger partial charge in [0, 0.05) is 42.4 Å². The van der Waals surface area contributed by atoms with Crippen LogP contribution in [0.25, 0.3) is 0 Å². The molecule has 254 valence electrons. The molecule has 0 bridgehead atoms. The molecule has 2 aromatic rings. The molecular weight excluding hydrogens is 598 g/mol. The summed E-state index contributed by atoms with van der Waals surface area (Å²) in [7, 11) is 0. The van der Waals surface area contributed by atoms with Crippen molar-refractivity contribution in [3.05, 3.63) is 70.3 Å². The first-order chi connectivity index (χ1) is 21.6. The Morgan fingerprint density at radius 3 is 1.87 bits per heavy atom. The van der Waals surface area contributed by atoms with Crippen molar-refractivity contribution in [1.29, 1.82) is 0 Å². The summed E-state index contributed by atoms with van der Waals surface area (Å²) in [5.74, 6) is -5.82. The van der Waals surface area contributed by atoms with E-state index in [4.69, 9.17) is 5.73 Å². The second-order valence-corrected chi connectivity index (χ2v) is 12.4. The third-order valence-corrected chi connectivity index (χ3v) is 7.53. The second-order valence-electron chi connectivity index (χ2n) is 12.4. The molecule has 2 rings (SSSR count). The van der Waals surface area contributed by atoms with Gasteiger partial charge in [0.2, 0.25) is 11.8 Å². The molecule has 0 unspecified atom stereocenters. The normalized spacial score (nSPS) is 14.0. The number of nitrogens with zero attached hydrogens (tertiary/aromatic N) is 1. The van der Waals surface area contributed by atoms with E-state index < -0.39 is 65.3 Å². The van der Waals surface area contributed by atoms with Gasteiger partial charge in [-0.05, 0) is 67.0 Å². The van der Waals surface area contributed by atoms with E-state index in [0.717, 1.165) is 12.1 Å². The van der Waals surface area contributed by atoms with Crippen molar-refractivity contribution in [2.24, 2.45) is 23.5 Å². The van der Waals surface area contributed by atoms with Crippen LogP contribution in [0.3, 0.4) is 0 Å². The van der Waals surface area contributed by atoms with Crippen LogP contribution in [0, 0.1) is 29.4 Å². The second kappa shape index (κ2) is 17.7. The number of rotatable bonds is 17. The number of amides is 4. The number of nitrogens with two attached hydrogens (primary N) is 1. The van der Waals surface area contributed by atoms with Crippen LogP contribution in [0.15, 0.2) is 36.4 Å². The van der Waals surface area contributed by atoms with E-state index >= 15 is 0 Å². The Bertz CT molecular complexity index is 1340. The summed E-state index contributed by atoms with van der Waals surface area (Å²) in [6, 6.07) is 5.14. The Morgan fingerprint density at radius 1 is 0.826 bits per heavy atom. The Balaban J connectivity index is 2.54. The quantitative estimate of drug-likeness (QED) is 0.177. The molecule has 0 heterocycles. The molecule has 0 fully saturated rings. The fourth-order valence-corrected chi connectivity index (χ4v) is 5.28. The van der Waals surface area contributed by atoms with Gasteiger partial charge in [-0.3, -0.25) is 19.2 Å². The molecule has 0 spiro atoms. The Labute approximate surface area is 269 Å². The van der Waals surface area contributed by atoms with E-state index in [9.17, 15) is 38.2 Å². The molecule has 12 heteroatoms. The van der Waals surface area contributed by atoms with Crippen LogP contribution in [0.2, 0.25) is 0 Å². The SMILES string of the molecule is CCCN(CCC)C(=O)c1cc(C(N)=O)cc(C(=O)N[C@@H](Cc2cc(F)cc(F)c2)[C@@H](O)[C@H](O)[C@H](C(=O)NCC(C)C)C(C)C)c1. The van der Waals surface area contributed by atoms with Gasteiger partial charge in [0.05, 0.1) is 18.1 Å². The minimum atomic E-state index is -1.78. The molecule has 0 aromatic heterocycles. The monoisotopic (exact) mass is 646 g/mol. The lowest BCUT2D eigenvalue weighted by Gasteiger charge is -2.33. The van der Waals surface area contributed by atoms with Gasteiger partial charge < -0.3 is 31.5 Å². The van der Waals surface area contributed by atoms with Crippen molar-refractivity contribution in [1.82, 2.24) is 15.5 Å². The molecule has 0 saturated carbocycles. The number of halogens is 2. The van der Waals surface area contributed by atoms with Gasteiger partial charge in [-0.25, -0.2) is 8.78 Å². The number of carbonyl (C=O) groups excluding carboxylic acids is 4. The van der Waals surface area contributed by atoms with Gasteiger partial charge in [-0.1, -0.05) is 41.5 Å². The highest BCUT2D eigenvalue weighted by Gasteiger charge is 2.39. The van der Waals surface area contributed by atoms with Gasteiger partial charge in [0.1, 0.15) is 17.7 Å². The lowest BCUT2D eigenvalue weighted by molar-refractivity contribution is -0.135. The number of hydrogen-bond acceptors (Lipinski definition) is 6. The van der Waals surface area contributed by atoms with E-state index in [1.165, 1.54) is 18.2 Å². The van der Waals surface area contributed by atoms with Crippen molar-refractivity contribution in [3.63, 3.8) is 0 Å². The van der Waals surface area contributed by atoms with E-state index in [2.05, 4.69) is 10.6 Å². The van der Waals surface area contributed by atoms with Gasteiger partial charge in [-0.15, -0.1) is 0 Å². The third kappa shape index (κ3) is 10.9. The molecule has 4 amide bonds. The van der Waals surface area contributed by atoms with Gasteiger partial charge >= 0.3 is 0 Å². The van der Waals surface area contributed by atoms with Crippen LogP contribution in [0.4, 0.5) is 8.78 Å². The maximum Gasteiger partial charge on any atom is 0.253 e. The third-order valence-electron chi connectivity index (χ3n) is 7.53. The highest BCUT2D eigenvalue weighted by molar-refractivity contribution is 6.04. The van der Waals surface area contributed by atoms with Crippen LogP contribution in [-0.4, -0.2) is 76.6 Å². The number of aliphatic hydroxyl groups is 2. The Kier molecular flexibility index (Phi) is 14.7. The summed E-state index contributed by atoms with van der Waals surface area (Å²) in [6.45, 7) is 12.2. The van der Waals surface area contributed by atoms with Crippen molar-refractivity contribution < 1.29 is 38.2 Å². The predicted molar refractivity (Wildman–Crippen MR) is 171 cm³/mol. The maximum atomic E-state index is 14.1. The maximum absolute atomic E-state index is 14.1. The molecule has 0 aliphatic heterocycles.